The van der Waals surface area contributed by atoms with Crippen LogP contribution in [0.5, 0.6) is 11.5 Å². The van der Waals surface area contributed by atoms with E-state index in [1.807, 2.05) is 0 Å². The van der Waals surface area contributed by atoms with Crippen LogP contribution in [0.2, 0.25) is 0 Å². The van der Waals surface area contributed by atoms with Gasteiger partial charge in [0.2, 0.25) is 0 Å². The van der Waals surface area contributed by atoms with E-state index in [-0.39, 0.29) is 0 Å². The van der Waals surface area contributed by atoms with Gasteiger partial charge >= 0.3 is 0 Å². The van der Waals surface area contributed by atoms with Crippen LogP contribution >= 0.6 is 0 Å². The van der Waals surface area contributed by atoms with Crippen molar-refractivity contribution in [3.63, 3.8) is 0 Å². The zero-order valence-electron chi connectivity index (χ0n) is 32.4. The van der Waals surface area contributed by atoms with Crippen molar-refractivity contribution >= 4 is 21.5 Å². The summed E-state index contributed by atoms with van der Waals surface area (Å²) in [4.78, 5) is 0. The standard InChI is InChI=1S/C49H50O8/c1-3-9-47-45(7-1)46-8-2-4-10-48(46)49(47,39-15-11-37-29-41(17-13-35(37)27-39)54-25-23-50-19-5-21-52-31-43-33-56-43)40-16-12-38-30-42(18-14-36(38)28-40)55-26-24-51-20-6-22-53-32-44-34-57-44/h1-4,7-18,27-30,43-44H,5-6,19-26,31-34H2. The molecule has 3 aliphatic rings. The van der Waals surface area contributed by atoms with E-state index in [2.05, 4.69) is 121 Å². The van der Waals surface area contributed by atoms with Crippen LogP contribution in [0.3, 0.4) is 0 Å². The third-order valence-corrected chi connectivity index (χ3v) is 11.0. The molecule has 57 heavy (non-hydrogen) atoms. The largest absolute Gasteiger partial charge is 0.491 e. The number of hydrogen-bond acceptors (Lipinski definition) is 8. The molecular weight excluding hydrogens is 717 g/mol. The predicted molar refractivity (Wildman–Crippen MR) is 222 cm³/mol. The van der Waals surface area contributed by atoms with Gasteiger partial charge in [-0.3, -0.25) is 0 Å². The Morgan fingerprint density at radius 3 is 1.33 bits per heavy atom. The number of hydrogen-bond donors (Lipinski definition) is 0. The molecule has 6 aromatic rings. The smallest absolute Gasteiger partial charge is 0.120 e. The minimum atomic E-state index is -0.512. The molecule has 0 amide bonds. The van der Waals surface area contributed by atoms with Crippen molar-refractivity contribution in [3.8, 4) is 22.6 Å². The quantitative estimate of drug-likeness (QED) is 0.0501. The number of fused-ring (bicyclic) bond motifs is 5. The average molecular weight is 767 g/mol. The molecule has 8 heteroatoms. The molecule has 2 heterocycles. The van der Waals surface area contributed by atoms with Gasteiger partial charge in [0.25, 0.3) is 0 Å². The van der Waals surface area contributed by atoms with Crippen LogP contribution < -0.4 is 9.47 Å². The van der Waals surface area contributed by atoms with E-state index in [9.17, 15) is 0 Å². The molecule has 0 aromatic heterocycles. The topological polar surface area (TPSA) is 80.4 Å². The average Bonchev–Trinajstić information content (AvgIpc) is 4.21. The maximum atomic E-state index is 6.10. The molecule has 2 aliphatic heterocycles. The summed E-state index contributed by atoms with van der Waals surface area (Å²) >= 11 is 0. The second-order valence-corrected chi connectivity index (χ2v) is 15.0. The summed E-state index contributed by atoms with van der Waals surface area (Å²) < 4.78 is 45.3. The van der Waals surface area contributed by atoms with E-state index < -0.39 is 5.41 Å². The highest BCUT2D eigenvalue weighted by Gasteiger charge is 2.46. The summed E-state index contributed by atoms with van der Waals surface area (Å²) in [6.07, 6.45) is 2.33. The predicted octanol–water partition coefficient (Wildman–Crippen LogP) is 8.76. The van der Waals surface area contributed by atoms with Crippen molar-refractivity contribution in [3.05, 3.63) is 144 Å². The first kappa shape index (κ1) is 37.8. The Labute approximate surface area is 334 Å². The fraction of sp³-hybridized carbons (Fsp3) is 0.347. The van der Waals surface area contributed by atoms with E-state index in [0.29, 0.717) is 78.3 Å². The van der Waals surface area contributed by atoms with Gasteiger partial charge in [-0.05, 0) is 104 Å². The minimum absolute atomic E-state index is 0.303. The highest BCUT2D eigenvalue weighted by molar-refractivity contribution is 5.92. The van der Waals surface area contributed by atoms with E-state index in [1.54, 1.807) is 0 Å². The molecule has 0 bridgehead atoms. The normalized spacial score (nSPS) is 17.4. The molecule has 2 fully saturated rings. The van der Waals surface area contributed by atoms with Crippen molar-refractivity contribution in [1.82, 2.24) is 0 Å². The lowest BCUT2D eigenvalue weighted by Crippen LogP contribution is -2.28. The number of ether oxygens (including phenoxy) is 8. The molecule has 2 saturated heterocycles. The van der Waals surface area contributed by atoms with Gasteiger partial charge in [-0.15, -0.1) is 0 Å². The van der Waals surface area contributed by atoms with Gasteiger partial charge < -0.3 is 37.9 Å². The molecule has 0 radical (unpaired) electrons. The van der Waals surface area contributed by atoms with Crippen molar-refractivity contribution < 1.29 is 37.9 Å². The van der Waals surface area contributed by atoms with E-state index >= 15 is 0 Å². The monoisotopic (exact) mass is 766 g/mol. The highest BCUT2D eigenvalue weighted by Crippen LogP contribution is 2.56. The number of benzene rings is 6. The van der Waals surface area contributed by atoms with Crippen molar-refractivity contribution in [2.75, 3.05) is 79.3 Å². The Bertz CT molecular complexity index is 2120. The SMILES string of the molecule is c1ccc2c(c1)-c1ccccc1C2(c1ccc2cc(OCCOCCCOCC3CO3)ccc2c1)c1ccc2cc(OCCOCCCOCC3CO3)ccc2c1. The van der Waals surface area contributed by atoms with E-state index in [4.69, 9.17) is 37.9 Å². The number of rotatable bonds is 22. The van der Waals surface area contributed by atoms with Crippen molar-refractivity contribution in [2.45, 2.75) is 30.5 Å². The van der Waals surface area contributed by atoms with Crippen LogP contribution in [0.4, 0.5) is 0 Å². The number of epoxide rings is 2. The van der Waals surface area contributed by atoms with Crippen LogP contribution in [0.25, 0.3) is 32.7 Å². The second kappa shape index (κ2) is 17.8. The highest BCUT2D eigenvalue weighted by atomic mass is 16.6. The van der Waals surface area contributed by atoms with Crippen molar-refractivity contribution in [1.29, 1.82) is 0 Å². The van der Waals surface area contributed by atoms with Gasteiger partial charge in [0, 0.05) is 26.4 Å². The maximum Gasteiger partial charge on any atom is 0.120 e. The van der Waals surface area contributed by atoms with Gasteiger partial charge in [-0.2, -0.15) is 0 Å². The first-order valence-corrected chi connectivity index (χ1v) is 20.3. The zero-order valence-corrected chi connectivity index (χ0v) is 32.4. The molecule has 0 N–H and O–H groups in total. The summed E-state index contributed by atoms with van der Waals surface area (Å²) in [6, 6.07) is 44.2. The van der Waals surface area contributed by atoms with Crippen molar-refractivity contribution in [2.24, 2.45) is 0 Å². The molecule has 0 spiro atoms. The molecule has 1 aliphatic carbocycles. The first-order valence-electron chi connectivity index (χ1n) is 20.3. The molecule has 2 unspecified atom stereocenters. The maximum absolute atomic E-state index is 6.10. The summed E-state index contributed by atoms with van der Waals surface area (Å²) in [5, 5.41) is 4.59. The molecule has 9 rings (SSSR count). The van der Waals surface area contributed by atoms with Crippen LogP contribution in [0.1, 0.15) is 35.1 Å². The Kier molecular flexibility index (Phi) is 11.8. The Morgan fingerprint density at radius 1 is 0.439 bits per heavy atom. The van der Waals surface area contributed by atoms with Gasteiger partial charge in [0.15, 0.2) is 0 Å². The van der Waals surface area contributed by atoms with Crippen LogP contribution in [0.15, 0.2) is 121 Å². The fourth-order valence-corrected chi connectivity index (χ4v) is 8.04. The van der Waals surface area contributed by atoms with Gasteiger partial charge in [-0.1, -0.05) is 84.9 Å². The van der Waals surface area contributed by atoms with Gasteiger partial charge in [0.1, 0.15) is 36.9 Å². The first-order chi connectivity index (χ1) is 28.3. The minimum Gasteiger partial charge on any atom is -0.491 e. The van der Waals surface area contributed by atoms with Gasteiger partial charge in [0.05, 0.1) is 45.1 Å². The van der Waals surface area contributed by atoms with Crippen LogP contribution in [-0.2, 0) is 33.8 Å². The fourth-order valence-electron chi connectivity index (χ4n) is 8.04. The van der Waals surface area contributed by atoms with Gasteiger partial charge in [-0.25, -0.2) is 0 Å². The molecule has 2 atom stereocenters. The molecule has 294 valence electrons. The molecule has 0 saturated carbocycles. The Balaban J connectivity index is 0.911. The third-order valence-electron chi connectivity index (χ3n) is 11.0. The van der Waals surface area contributed by atoms with E-state index in [0.717, 1.165) is 59.1 Å². The lowest BCUT2D eigenvalue weighted by molar-refractivity contribution is 0.0635. The molecule has 6 aromatic carbocycles. The molecular formula is C49H50O8. The Hall–Kier alpha value is -4.80. The summed E-state index contributed by atoms with van der Waals surface area (Å²) in [6.45, 7) is 7.76. The zero-order chi connectivity index (χ0) is 38.3. The second-order valence-electron chi connectivity index (χ2n) is 15.0. The van der Waals surface area contributed by atoms with Crippen LogP contribution in [0, 0.1) is 0 Å². The summed E-state index contributed by atoms with van der Waals surface area (Å²) in [5.41, 5.74) is 7.06. The Morgan fingerprint density at radius 2 is 0.860 bits per heavy atom. The lowest BCUT2D eigenvalue weighted by atomic mass is 9.67. The third kappa shape index (κ3) is 8.72. The van der Waals surface area contributed by atoms with Crippen LogP contribution in [-0.4, -0.2) is 91.5 Å². The van der Waals surface area contributed by atoms with E-state index in [1.165, 1.54) is 33.4 Å². The lowest BCUT2D eigenvalue weighted by Gasteiger charge is -2.34. The molecule has 8 nitrogen and oxygen atoms in total. The summed E-state index contributed by atoms with van der Waals surface area (Å²) in [5.74, 6) is 1.67. The summed E-state index contributed by atoms with van der Waals surface area (Å²) in [7, 11) is 0.